The molecule has 1 fully saturated rings. The molecule has 0 N–H and O–H groups in total. The van der Waals surface area contributed by atoms with Crippen molar-refractivity contribution in [2.24, 2.45) is 0 Å². The fourth-order valence-electron chi connectivity index (χ4n) is 4.05. The third kappa shape index (κ3) is 4.51. The standard InChI is InChI=1S/C25H25N3O4/c1-31-23(29)11-6-18-2-7-20(8-3-18)24-22(27-12-14-32-15-13-27)17-28(25(24)30)21-9-4-19(16-26)5-10-21/h2-5,7-10H,6,11-15,17H2,1H3. The summed E-state index contributed by atoms with van der Waals surface area (Å²) in [6.07, 6.45) is 0.913. The third-order valence-electron chi connectivity index (χ3n) is 5.84. The summed E-state index contributed by atoms with van der Waals surface area (Å²) in [4.78, 5) is 28.9. The van der Waals surface area contributed by atoms with Gasteiger partial charge < -0.3 is 19.3 Å². The van der Waals surface area contributed by atoms with Crippen LogP contribution in [0.1, 0.15) is 23.1 Å². The van der Waals surface area contributed by atoms with Gasteiger partial charge in [-0.3, -0.25) is 9.59 Å². The van der Waals surface area contributed by atoms with E-state index in [4.69, 9.17) is 14.7 Å². The molecule has 0 unspecified atom stereocenters. The first-order chi connectivity index (χ1) is 15.6. The number of morpholine rings is 1. The maximum Gasteiger partial charge on any atom is 0.305 e. The number of amides is 1. The molecule has 0 aliphatic carbocycles. The van der Waals surface area contributed by atoms with Gasteiger partial charge >= 0.3 is 5.97 Å². The molecule has 4 rings (SSSR count). The molecule has 2 heterocycles. The highest BCUT2D eigenvalue weighted by Gasteiger charge is 2.35. The van der Waals surface area contributed by atoms with E-state index in [1.54, 1.807) is 17.0 Å². The molecule has 2 aromatic rings. The molecule has 164 valence electrons. The predicted molar refractivity (Wildman–Crippen MR) is 120 cm³/mol. The summed E-state index contributed by atoms with van der Waals surface area (Å²) in [6, 6.07) is 17.0. The molecule has 0 radical (unpaired) electrons. The lowest BCUT2D eigenvalue weighted by molar-refractivity contribution is -0.140. The summed E-state index contributed by atoms with van der Waals surface area (Å²) >= 11 is 0. The van der Waals surface area contributed by atoms with Crippen LogP contribution in [0.3, 0.4) is 0 Å². The van der Waals surface area contributed by atoms with Gasteiger partial charge in [0.05, 0.1) is 44.1 Å². The lowest BCUT2D eigenvalue weighted by Gasteiger charge is -2.30. The molecule has 7 heteroatoms. The maximum absolute atomic E-state index is 13.5. The summed E-state index contributed by atoms with van der Waals surface area (Å²) in [6.45, 7) is 3.22. The van der Waals surface area contributed by atoms with Gasteiger partial charge in [0.2, 0.25) is 0 Å². The molecular weight excluding hydrogens is 406 g/mol. The highest BCUT2D eigenvalue weighted by atomic mass is 16.5. The van der Waals surface area contributed by atoms with Crippen LogP contribution in [-0.2, 0) is 25.5 Å². The Morgan fingerprint density at radius 1 is 1.09 bits per heavy atom. The minimum absolute atomic E-state index is 0.0569. The van der Waals surface area contributed by atoms with Crippen molar-refractivity contribution in [2.75, 3.05) is 44.9 Å². The van der Waals surface area contributed by atoms with Crippen molar-refractivity contribution in [3.8, 4) is 6.07 Å². The van der Waals surface area contributed by atoms with Crippen LogP contribution in [0.25, 0.3) is 5.57 Å². The molecule has 0 aromatic heterocycles. The topological polar surface area (TPSA) is 82.9 Å². The quantitative estimate of drug-likeness (QED) is 0.654. The van der Waals surface area contributed by atoms with Crippen LogP contribution in [0.15, 0.2) is 54.2 Å². The predicted octanol–water partition coefficient (Wildman–Crippen LogP) is 2.75. The number of benzene rings is 2. The van der Waals surface area contributed by atoms with Crippen molar-refractivity contribution < 1.29 is 19.1 Å². The third-order valence-corrected chi connectivity index (χ3v) is 5.84. The first-order valence-corrected chi connectivity index (χ1v) is 10.6. The molecule has 0 bridgehead atoms. The number of rotatable bonds is 6. The summed E-state index contributed by atoms with van der Waals surface area (Å²) in [5.41, 5.74) is 4.88. The Labute approximate surface area is 187 Å². The minimum Gasteiger partial charge on any atom is -0.469 e. The molecular formula is C25H25N3O4. The van der Waals surface area contributed by atoms with Crippen LogP contribution >= 0.6 is 0 Å². The molecule has 2 aromatic carbocycles. The number of nitrogens with zero attached hydrogens (tertiary/aromatic N) is 3. The van der Waals surface area contributed by atoms with E-state index in [-0.39, 0.29) is 11.9 Å². The van der Waals surface area contributed by atoms with Gasteiger partial charge in [-0.05, 0) is 41.8 Å². The monoisotopic (exact) mass is 431 g/mol. The van der Waals surface area contributed by atoms with E-state index in [1.165, 1.54) is 7.11 Å². The van der Waals surface area contributed by atoms with Crippen LogP contribution in [0, 0.1) is 11.3 Å². The number of hydrogen-bond donors (Lipinski definition) is 0. The normalized spacial score (nSPS) is 16.3. The number of hydrogen-bond acceptors (Lipinski definition) is 6. The number of aryl methyl sites for hydroxylation is 1. The van der Waals surface area contributed by atoms with Gasteiger partial charge in [-0.2, -0.15) is 5.26 Å². The SMILES string of the molecule is COC(=O)CCc1ccc(C2=C(N3CCOCC3)CN(c3ccc(C#N)cc3)C2=O)cc1. The first kappa shape index (κ1) is 21.6. The molecule has 0 atom stereocenters. The van der Waals surface area contributed by atoms with Crippen molar-refractivity contribution in [3.63, 3.8) is 0 Å². The molecule has 1 amide bonds. The second-order valence-corrected chi connectivity index (χ2v) is 7.74. The average molecular weight is 431 g/mol. The number of anilines is 1. The minimum atomic E-state index is -0.240. The van der Waals surface area contributed by atoms with Gasteiger partial charge in [0.25, 0.3) is 5.91 Å². The molecule has 0 saturated carbocycles. The Morgan fingerprint density at radius 2 is 1.78 bits per heavy atom. The Hall–Kier alpha value is -3.63. The molecule has 2 aliphatic heterocycles. The first-order valence-electron chi connectivity index (χ1n) is 10.6. The number of esters is 1. The van der Waals surface area contributed by atoms with Crippen molar-refractivity contribution in [2.45, 2.75) is 12.8 Å². The smallest absolute Gasteiger partial charge is 0.305 e. The highest BCUT2D eigenvalue weighted by Crippen LogP contribution is 2.34. The number of methoxy groups -OCH3 is 1. The van der Waals surface area contributed by atoms with Crippen molar-refractivity contribution in [3.05, 3.63) is 70.9 Å². The van der Waals surface area contributed by atoms with Gasteiger partial charge in [0, 0.05) is 30.9 Å². The molecule has 2 aliphatic rings. The van der Waals surface area contributed by atoms with E-state index in [1.807, 2.05) is 36.4 Å². The van der Waals surface area contributed by atoms with E-state index in [2.05, 4.69) is 11.0 Å². The number of carbonyl (C=O) groups is 2. The summed E-state index contributed by atoms with van der Waals surface area (Å²) < 4.78 is 10.2. The highest BCUT2D eigenvalue weighted by molar-refractivity contribution is 6.29. The van der Waals surface area contributed by atoms with Crippen molar-refractivity contribution in [1.82, 2.24) is 4.90 Å². The Kier molecular flexibility index (Phi) is 6.52. The van der Waals surface area contributed by atoms with E-state index in [0.29, 0.717) is 43.7 Å². The number of ether oxygens (including phenoxy) is 2. The van der Waals surface area contributed by atoms with Gasteiger partial charge in [0.15, 0.2) is 0 Å². The lowest BCUT2D eigenvalue weighted by Crippen LogP contribution is -2.37. The summed E-state index contributed by atoms with van der Waals surface area (Å²) in [5, 5.41) is 9.07. The van der Waals surface area contributed by atoms with E-state index in [9.17, 15) is 9.59 Å². The van der Waals surface area contributed by atoms with E-state index in [0.717, 1.165) is 35.6 Å². The summed E-state index contributed by atoms with van der Waals surface area (Å²) in [5.74, 6) is -0.297. The Balaban J connectivity index is 1.63. The molecule has 1 saturated heterocycles. The maximum atomic E-state index is 13.5. The van der Waals surface area contributed by atoms with Gasteiger partial charge in [-0.15, -0.1) is 0 Å². The van der Waals surface area contributed by atoms with Crippen LogP contribution in [0.4, 0.5) is 5.69 Å². The molecule has 32 heavy (non-hydrogen) atoms. The van der Waals surface area contributed by atoms with E-state index < -0.39 is 0 Å². The zero-order valence-corrected chi connectivity index (χ0v) is 18.0. The van der Waals surface area contributed by atoms with E-state index >= 15 is 0 Å². The van der Waals surface area contributed by atoms with Crippen molar-refractivity contribution >= 4 is 23.1 Å². The molecule has 0 spiro atoms. The van der Waals surface area contributed by atoms with Crippen LogP contribution in [0.5, 0.6) is 0 Å². The second kappa shape index (κ2) is 9.67. The average Bonchev–Trinajstić information content (AvgIpc) is 3.20. The van der Waals surface area contributed by atoms with Crippen LogP contribution in [-0.4, -0.2) is 56.7 Å². The van der Waals surface area contributed by atoms with Crippen molar-refractivity contribution in [1.29, 1.82) is 5.26 Å². The summed E-state index contributed by atoms with van der Waals surface area (Å²) in [7, 11) is 1.39. The number of carbonyl (C=O) groups excluding carboxylic acids is 2. The molecule has 7 nitrogen and oxygen atoms in total. The Morgan fingerprint density at radius 3 is 2.41 bits per heavy atom. The zero-order valence-electron chi connectivity index (χ0n) is 18.0. The largest absolute Gasteiger partial charge is 0.469 e. The zero-order chi connectivity index (χ0) is 22.5. The second-order valence-electron chi connectivity index (χ2n) is 7.74. The lowest BCUT2D eigenvalue weighted by atomic mass is 10.0. The van der Waals surface area contributed by atoms with Crippen LogP contribution in [0.2, 0.25) is 0 Å². The Bertz CT molecular complexity index is 1060. The van der Waals surface area contributed by atoms with Gasteiger partial charge in [-0.1, -0.05) is 24.3 Å². The van der Waals surface area contributed by atoms with Gasteiger partial charge in [-0.25, -0.2) is 0 Å². The van der Waals surface area contributed by atoms with Gasteiger partial charge in [0.1, 0.15) is 0 Å². The van der Waals surface area contributed by atoms with Crippen LogP contribution < -0.4 is 4.90 Å². The fraction of sp³-hybridized carbons (Fsp3) is 0.320. The fourth-order valence-corrected chi connectivity index (χ4v) is 4.05. The number of nitriles is 1.